The van der Waals surface area contributed by atoms with Gasteiger partial charge >= 0.3 is 0 Å². The molecule has 4 aliphatic carbocycles. The lowest BCUT2D eigenvalue weighted by Crippen LogP contribution is -2.55. The van der Waals surface area contributed by atoms with Gasteiger partial charge in [0, 0.05) is 0 Å². The van der Waals surface area contributed by atoms with Gasteiger partial charge in [0.25, 0.3) is 0 Å². The highest BCUT2D eigenvalue weighted by molar-refractivity contribution is 6.73. The first kappa shape index (κ1) is 21.4. The fourth-order valence-electron chi connectivity index (χ4n) is 8.68. The zero-order valence-electron chi connectivity index (χ0n) is 19.3. The van der Waals surface area contributed by atoms with Crippen molar-refractivity contribution in [3.05, 3.63) is 0 Å². The molecule has 0 aromatic carbocycles. The van der Waals surface area contributed by atoms with Crippen LogP contribution in [0.1, 0.15) is 92.4 Å². The maximum Gasteiger partial charge on any atom is 0.192 e. The van der Waals surface area contributed by atoms with E-state index in [1.54, 1.807) is 0 Å². The first-order chi connectivity index (χ1) is 13.3. The SMILES string of the molecule is CC[Si](CC)(CC)OC1CCC2C3CCC4CC(O)CCC4(C)C3CCC12C. The van der Waals surface area contributed by atoms with E-state index in [1.165, 1.54) is 63.1 Å². The van der Waals surface area contributed by atoms with Gasteiger partial charge in [-0.15, -0.1) is 0 Å². The monoisotopic (exact) mass is 406 g/mol. The van der Waals surface area contributed by atoms with E-state index in [0.717, 1.165) is 36.5 Å². The molecule has 0 spiro atoms. The van der Waals surface area contributed by atoms with Gasteiger partial charge in [-0.25, -0.2) is 0 Å². The fraction of sp³-hybridized carbons (Fsp3) is 1.00. The zero-order valence-corrected chi connectivity index (χ0v) is 20.3. The van der Waals surface area contributed by atoms with E-state index >= 15 is 0 Å². The van der Waals surface area contributed by atoms with E-state index < -0.39 is 8.32 Å². The second-order valence-corrected chi connectivity index (χ2v) is 16.3. The van der Waals surface area contributed by atoms with Crippen molar-refractivity contribution < 1.29 is 9.53 Å². The molecule has 4 fully saturated rings. The fourth-order valence-corrected chi connectivity index (χ4v) is 11.7. The van der Waals surface area contributed by atoms with E-state index in [0.29, 0.717) is 16.9 Å². The molecule has 4 rings (SSSR count). The highest BCUT2D eigenvalue weighted by Gasteiger charge is 2.61. The van der Waals surface area contributed by atoms with E-state index in [1.807, 2.05) is 0 Å². The van der Waals surface area contributed by atoms with Crippen LogP contribution in [-0.4, -0.2) is 25.6 Å². The Kier molecular flexibility index (Phi) is 5.86. The third-order valence-corrected chi connectivity index (χ3v) is 15.5. The van der Waals surface area contributed by atoms with Gasteiger partial charge in [-0.1, -0.05) is 34.6 Å². The quantitative estimate of drug-likeness (QED) is 0.510. The summed E-state index contributed by atoms with van der Waals surface area (Å²) in [6.45, 7) is 12.4. The Morgan fingerprint density at radius 3 is 2.14 bits per heavy atom. The first-order valence-corrected chi connectivity index (χ1v) is 15.2. The van der Waals surface area contributed by atoms with Gasteiger partial charge in [-0.2, -0.15) is 0 Å². The van der Waals surface area contributed by atoms with Crippen molar-refractivity contribution >= 4 is 8.32 Å². The molecule has 0 bridgehead atoms. The number of hydrogen-bond acceptors (Lipinski definition) is 2. The molecule has 4 aliphatic rings. The van der Waals surface area contributed by atoms with Crippen molar-refractivity contribution in [2.75, 3.05) is 0 Å². The minimum atomic E-state index is -1.53. The summed E-state index contributed by atoms with van der Waals surface area (Å²) in [5.74, 6) is 3.49. The van der Waals surface area contributed by atoms with Crippen LogP contribution >= 0.6 is 0 Å². The number of hydrogen-bond donors (Lipinski definition) is 1. The summed E-state index contributed by atoms with van der Waals surface area (Å²) in [6.07, 6.45) is 12.2. The largest absolute Gasteiger partial charge is 0.413 e. The van der Waals surface area contributed by atoms with Crippen molar-refractivity contribution in [2.45, 2.75) is 123 Å². The molecule has 0 amide bonds. The molecule has 0 saturated heterocycles. The molecular formula is C25H46O2Si. The highest BCUT2D eigenvalue weighted by Crippen LogP contribution is 2.66. The summed E-state index contributed by atoms with van der Waals surface area (Å²) in [5, 5.41) is 10.3. The predicted molar refractivity (Wildman–Crippen MR) is 120 cm³/mol. The smallest absolute Gasteiger partial charge is 0.192 e. The standard InChI is InChI=1S/C25H46O2Si/c1-6-28(7-2,8-3)27-23-12-11-21-20-10-9-18-17-19(26)13-15-24(18,4)22(20)14-16-25(21,23)5/h18-23,26H,6-17H2,1-5H3. The molecule has 0 radical (unpaired) electrons. The van der Waals surface area contributed by atoms with Crippen molar-refractivity contribution in [3.63, 3.8) is 0 Å². The van der Waals surface area contributed by atoms with E-state index in [4.69, 9.17) is 4.43 Å². The number of fused-ring (bicyclic) bond motifs is 5. The Bertz CT molecular complexity index is 552. The van der Waals surface area contributed by atoms with Crippen LogP contribution in [0.4, 0.5) is 0 Å². The lowest BCUT2D eigenvalue weighted by atomic mass is 9.45. The molecule has 2 nitrogen and oxygen atoms in total. The number of aliphatic hydroxyl groups is 1. The maximum atomic E-state index is 10.3. The highest BCUT2D eigenvalue weighted by atomic mass is 28.4. The molecule has 28 heavy (non-hydrogen) atoms. The minimum Gasteiger partial charge on any atom is -0.413 e. The Morgan fingerprint density at radius 2 is 1.46 bits per heavy atom. The van der Waals surface area contributed by atoms with E-state index in [-0.39, 0.29) is 6.10 Å². The summed E-state index contributed by atoms with van der Waals surface area (Å²) in [4.78, 5) is 0. The van der Waals surface area contributed by atoms with Crippen LogP contribution < -0.4 is 0 Å². The average molecular weight is 407 g/mol. The van der Waals surface area contributed by atoms with Crippen LogP contribution in [0, 0.1) is 34.5 Å². The maximum absolute atomic E-state index is 10.3. The van der Waals surface area contributed by atoms with Crippen LogP contribution in [0.5, 0.6) is 0 Å². The lowest BCUT2D eigenvalue weighted by Gasteiger charge is -2.61. The van der Waals surface area contributed by atoms with Crippen LogP contribution in [0.25, 0.3) is 0 Å². The van der Waals surface area contributed by atoms with Gasteiger partial charge < -0.3 is 9.53 Å². The molecular weight excluding hydrogens is 360 g/mol. The molecule has 3 heteroatoms. The molecule has 4 saturated carbocycles. The topological polar surface area (TPSA) is 29.5 Å². The van der Waals surface area contributed by atoms with Crippen LogP contribution in [-0.2, 0) is 4.43 Å². The summed E-state index contributed by atoms with van der Waals surface area (Å²) in [7, 11) is -1.53. The van der Waals surface area contributed by atoms with Crippen LogP contribution in [0.15, 0.2) is 0 Å². The summed E-state index contributed by atoms with van der Waals surface area (Å²) >= 11 is 0. The van der Waals surface area contributed by atoms with Crippen molar-refractivity contribution in [1.82, 2.24) is 0 Å². The zero-order chi connectivity index (χ0) is 20.2. The Hall–Kier alpha value is 0.137. The predicted octanol–water partition coefficient (Wildman–Crippen LogP) is 6.78. The van der Waals surface area contributed by atoms with E-state index in [9.17, 15) is 5.11 Å². The van der Waals surface area contributed by atoms with Crippen LogP contribution in [0.3, 0.4) is 0 Å². The number of rotatable bonds is 5. The number of aliphatic hydroxyl groups excluding tert-OH is 1. The third kappa shape index (κ3) is 3.17. The van der Waals surface area contributed by atoms with Gasteiger partial charge in [-0.3, -0.25) is 0 Å². The molecule has 8 unspecified atom stereocenters. The normalized spacial score (nSPS) is 48.6. The minimum absolute atomic E-state index is 0.0250. The molecule has 8 atom stereocenters. The Balaban J connectivity index is 1.54. The van der Waals surface area contributed by atoms with Gasteiger partial charge in [0.2, 0.25) is 0 Å². The van der Waals surface area contributed by atoms with Gasteiger partial charge in [0.1, 0.15) is 0 Å². The van der Waals surface area contributed by atoms with Gasteiger partial charge in [-0.05, 0) is 110 Å². The second kappa shape index (κ2) is 7.68. The van der Waals surface area contributed by atoms with E-state index in [2.05, 4.69) is 34.6 Å². The molecule has 0 aliphatic heterocycles. The average Bonchev–Trinajstić information content (AvgIpc) is 3.03. The molecule has 0 heterocycles. The van der Waals surface area contributed by atoms with Crippen LogP contribution in [0.2, 0.25) is 18.1 Å². The van der Waals surface area contributed by atoms with Gasteiger partial charge in [0.05, 0.1) is 12.2 Å². The lowest BCUT2D eigenvalue weighted by molar-refractivity contribution is -0.132. The molecule has 0 aromatic heterocycles. The Morgan fingerprint density at radius 1 is 0.821 bits per heavy atom. The summed E-state index contributed by atoms with van der Waals surface area (Å²) in [6, 6.07) is 3.85. The molecule has 162 valence electrons. The van der Waals surface area contributed by atoms with Gasteiger partial charge in [0.15, 0.2) is 8.32 Å². The van der Waals surface area contributed by atoms with Crippen molar-refractivity contribution in [3.8, 4) is 0 Å². The first-order valence-electron chi connectivity index (χ1n) is 12.7. The second-order valence-electron chi connectivity index (χ2n) is 11.6. The van der Waals surface area contributed by atoms with Crippen molar-refractivity contribution in [2.24, 2.45) is 34.5 Å². The van der Waals surface area contributed by atoms with Crippen molar-refractivity contribution in [1.29, 1.82) is 0 Å². The third-order valence-electron chi connectivity index (χ3n) is 10.9. The summed E-state index contributed by atoms with van der Waals surface area (Å²) < 4.78 is 7.15. The molecule has 0 aromatic rings. The summed E-state index contributed by atoms with van der Waals surface area (Å²) in [5.41, 5.74) is 0.924. The Labute approximate surface area is 175 Å². The molecule has 1 N–H and O–H groups in total.